The molecule has 0 bridgehead atoms. The molecule has 106 valence electrons. The Morgan fingerprint density at radius 2 is 2.25 bits per heavy atom. The van der Waals surface area contributed by atoms with Crippen molar-refractivity contribution in [3.8, 4) is 5.75 Å². The number of methoxy groups -OCH3 is 1. The molecule has 0 unspecified atom stereocenters. The number of nitrogens with two attached hydrogens (primary N) is 1. The second-order valence-electron chi connectivity index (χ2n) is 4.31. The molecule has 2 rings (SSSR count). The monoisotopic (exact) mass is 276 g/mol. The summed E-state index contributed by atoms with van der Waals surface area (Å²) >= 11 is 0. The summed E-state index contributed by atoms with van der Waals surface area (Å²) in [5.41, 5.74) is 6.33. The van der Waals surface area contributed by atoms with E-state index in [0.717, 1.165) is 11.4 Å². The van der Waals surface area contributed by atoms with Gasteiger partial charge in [-0.15, -0.1) is 0 Å². The number of hydrogen-bond acceptors (Lipinski definition) is 5. The van der Waals surface area contributed by atoms with Crippen LogP contribution in [0.2, 0.25) is 0 Å². The average Bonchev–Trinajstić information content (AvgIpc) is 2.86. The summed E-state index contributed by atoms with van der Waals surface area (Å²) in [6.45, 7) is 1.00. The molecule has 20 heavy (non-hydrogen) atoms. The van der Waals surface area contributed by atoms with Crippen LogP contribution in [0.1, 0.15) is 11.4 Å². The molecule has 0 fully saturated rings. The van der Waals surface area contributed by atoms with Gasteiger partial charge in [-0.25, -0.2) is 4.98 Å². The van der Waals surface area contributed by atoms with E-state index in [-0.39, 0.29) is 5.69 Å². The second-order valence-corrected chi connectivity index (χ2v) is 4.31. The maximum absolute atomic E-state index is 10.9. The lowest BCUT2D eigenvalue weighted by Gasteiger charge is -2.09. The number of hydrogen-bond donors (Lipinski definition) is 1. The van der Waals surface area contributed by atoms with Crippen molar-refractivity contribution in [1.82, 2.24) is 9.55 Å². The lowest BCUT2D eigenvalue weighted by atomic mass is 10.2. The van der Waals surface area contributed by atoms with E-state index in [1.807, 2.05) is 10.8 Å². The van der Waals surface area contributed by atoms with Gasteiger partial charge >= 0.3 is 0 Å². The number of aromatic nitrogens is 2. The van der Waals surface area contributed by atoms with Crippen LogP contribution in [-0.2, 0) is 13.0 Å². The molecule has 0 radical (unpaired) electrons. The minimum absolute atomic E-state index is 0.0137. The van der Waals surface area contributed by atoms with Crippen molar-refractivity contribution in [1.29, 1.82) is 0 Å². The third-order valence-corrected chi connectivity index (χ3v) is 2.92. The molecule has 1 heterocycles. The first-order valence-corrected chi connectivity index (χ1v) is 6.16. The fraction of sp³-hybridized carbons (Fsp3) is 0.308. The van der Waals surface area contributed by atoms with Crippen molar-refractivity contribution in [2.75, 3.05) is 13.7 Å². The fourth-order valence-electron chi connectivity index (χ4n) is 2.00. The highest BCUT2D eigenvalue weighted by Crippen LogP contribution is 2.23. The Hall–Kier alpha value is -2.41. The summed E-state index contributed by atoms with van der Waals surface area (Å²) in [5.74, 6) is 1.33. The third-order valence-electron chi connectivity index (χ3n) is 2.92. The molecule has 0 spiro atoms. The van der Waals surface area contributed by atoms with Gasteiger partial charge in [0.1, 0.15) is 11.6 Å². The molecule has 2 N–H and O–H groups in total. The molecule has 0 atom stereocenters. The quantitative estimate of drug-likeness (QED) is 0.634. The van der Waals surface area contributed by atoms with Crippen LogP contribution in [0.15, 0.2) is 30.6 Å². The van der Waals surface area contributed by atoms with Gasteiger partial charge in [0.2, 0.25) is 0 Å². The summed E-state index contributed by atoms with van der Waals surface area (Å²) in [6, 6.07) is 4.71. The summed E-state index contributed by atoms with van der Waals surface area (Å²) < 4.78 is 7.02. The lowest BCUT2D eigenvalue weighted by Crippen LogP contribution is -2.10. The van der Waals surface area contributed by atoms with Gasteiger partial charge in [0.25, 0.3) is 5.69 Å². The van der Waals surface area contributed by atoms with Gasteiger partial charge in [0, 0.05) is 31.4 Å². The van der Waals surface area contributed by atoms with Crippen LogP contribution in [0.25, 0.3) is 0 Å². The van der Waals surface area contributed by atoms with Crippen LogP contribution in [0, 0.1) is 10.1 Å². The smallest absolute Gasteiger partial charge is 0.273 e. The SMILES string of the molecule is COc1cc(Cn2ccnc2CCN)cc([N+](=O)[O-])c1. The number of benzene rings is 1. The van der Waals surface area contributed by atoms with Gasteiger partial charge in [-0.3, -0.25) is 10.1 Å². The van der Waals surface area contributed by atoms with Crippen molar-refractivity contribution < 1.29 is 9.66 Å². The second kappa shape index (κ2) is 6.16. The molecule has 2 aromatic rings. The first kappa shape index (κ1) is 14.0. The molecule has 1 aromatic carbocycles. The van der Waals surface area contributed by atoms with E-state index in [2.05, 4.69) is 4.98 Å². The van der Waals surface area contributed by atoms with Gasteiger partial charge in [-0.2, -0.15) is 0 Å². The number of imidazole rings is 1. The summed E-state index contributed by atoms with van der Waals surface area (Å²) in [6.07, 6.45) is 4.19. The summed E-state index contributed by atoms with van der Waals surface area (Å²) in [5, 5.41) is 10.9. The number of nitro groups is 1. The van der Waals surface area contributed by atoms with Crippen LogP contribution in [-0.4, -0.2) is 28.1 Å². The Morgan fingerprint density at radius 3 is 2.90 bits per heavy atom. The zero-order chi connectivity index (χ0) is 14.5. The van der Waals surface area contributed by atoms with Crippen molar-refractivity contribution in [2.24, 2.45) is 5.73 Å². The predicted molar refractivity (Wildman–Crippen MR) is 73.7 cm³/mol. The van der Waals surface area contributed by atoms with E-state index in [4.69, 9.17) is 10.5 Å². The van der Waals surface area contributed by atoms with Crippen LogP contribution in [0.4, 0.5) is 5.69 Å². The lowest BCUT2D eigenvalue weighted by molar-refractivity contribution is -0.385. The number of nitrogens with zero attached hydrogens (tertiary/aromatic N) is 3. The van der Waals surface area contributed by atoms with Crippen LogP contribution in [0.3, 0.4) is 0 Å². The number of nitro benzene ring substituents is 1. The van der Waals surface area contributed by atoms with Gasteiger partial charge < -0.3 is 15.0 Å². The van der Waals surface area contributed by atoms with E-state index >= 15 is 0 Å². The first-order valence-electron chi connectivity index (χ1n) is 6.16. The molecular formula is C13H16N4O3. The highest BCUT2D eigenvalue weighted by atomic mass is 16.6. The predicted octanol–water partition coefficient (Wildman–Crippen LogP) is 1.35. The van der Waals surface area contributed by atoms with E-state index in [9.17, 15) is 10.1 Å². The minimum atomic E-state index is -0.430. The fourth-order valence-corrected chi connectivity index (χ4v) is 2.00. The van der Waals surface area contributed by atoms with E-state index in [0.29, 0.717) is 25.3 Å². The highest BCUT2D eigenvalue weighted by Gasteiger charge is 2.11. The Balaban J connectivity index is 2.30. The molecule has 0 aliphatic heterocycles. The van der Waals surface area contributed by atoms with E-state index in [1.165, 1.54) is 19.2 Å². The third kappa shape index (κ3) is 3.12. The van der Waals surface area contributed by atoms with Crippen molar-refractivity contribution in [3.05, 3.63) is 52.1 Å². The molecule has 0 saturated carbocycles. The van der Waals surface area contributed by atoms with Crippen LogP contribution >= 0.6 is 0 Å². The Labute approximate surface area is 116 Å². The van der Waals surface area contributed by atoms with Gasteiger partial charge in [0.15, 0.2) is 0 Å². The van der Waals surface area contributed by atoms with Crippen molar-refractivity contribution >= 4 is 5.69 Å². The summed E-state index contributed by atoms with van der Waals surface area (Å²) in [7, 11) is 1.49. The Kier molecular flexibility index (Phi) is 4.31. The zero-order valence-corrected chi connectivity index (χ0v) is 11.2. The largest absolute Gasteiger partial charge is 0.496 e. The molecule has 1 aromatic heterocycles. The molecule has 0 aliphatic rings. The first-order chi connectivity index (χ1) is 9.63. The van der Waals surface area contributed by atoms with Crippen molar-refractivity contribution in [3.63, 3.8) is 0 Å². The molecule has 7 nitrogen and oxygen atoms in total. The molecule has 0 saturated heterocycles. The minimum Gasteiger partial charge on any atom is -0.496 e. The number of non-ortho nitro benzene ring substituents is 1. The van der Waals surface area contributed by atoms with Gasteiger partial charge in [-0.05, 0) is 18.2 Å². The maximum atomic E-state index is 10.9. The van der Waals surface area contributed by atoms with Gasteiger partial charge in [-0.1, -0.05) is 0 Å². The molecule has 0 aliphatic carbocycles. The Bertz CT molecular complexity index is 609. The standard InChI is InChI=1S/C13H16N4O3/c1-20-12-7-10(6-11(8-12)17(18)19)9-16-5-4-15-13(16)2-3-14/h4-8H,2-3,9,14H2,1H3. The number of ether oxygens (including phenoxy) is 1. The topological polar surface area (TPSA) is 96.2 Å². The summed E-state index contributed by atoms with van der Waals surface area (Å²) in [4.78, 5) is 14.7. The molecule has 7 heteroatoms. The molecule has 0 amide bonds. The number of rotatable bonds is 6. The van der Waals surface area contributed by atoms with E-state index < -0.39 is 4.92 Å². The maximum Gasteiger partial charge on any atom is 0.273 e. The highest BCUT2D eigenvalue weighted by molar-refractivity contribution is 5.43. The Morgan fingerprint density at radius 1 is 1.45 bits per heavy atom. The van der Waals surface area contributed by atoms with Crippen molar-refractivity contribution in [2.45, 2.75) is 13.0 Å². The normalized spacial score (nSPS) is 10.5. The zero-order valence-electron chi connectivity index (χ0n) is 11.2. The average molecular weight is 276 g/mol. The molecular weight excluding hydrogens is 260 g/mol. The van der Waals surface area contributed by atoms with Crippen LogP contribution < -0.4 is 10.5 Å². The van der Waals surface area contributed by atoms with Gasteiger partial charge in [0.05, 0.1) is 18.1 Å². The van der Waals surface area contributed by atoms with Crippen LogP contribution in [0.5, 0.6) is 5.75 Å². The van der Waals surface area contributed by atoms with E-state index in [1.54, 1.807) is 12.3 Å².